The Labute approximate surface area is 212 Å². The molecule has 0 atom stereocenters. The predicted molar refractivity (Wildman–Crippen MR) is 138 cm³/mol. The second-order valence-electron chi connectivity index (χ2n) is 8.22. The molecule has 0 fully saturated rings. The lowest BCUT2D eigenvalue weighted by Gasteiger charge is -2.31. The van der Waals surface area contributed by atoms with Gasteiger partial charge in [0.2, 0.25) is 5.91 Å². The number of amides is 1. The lowest BCUT2D eigenvalue weighted by atomic mass is 10.1. The van der Waals surface area contributed by atoms with Gasteiger partial charge in [-0.3, -0.25) is 9.10 Å². The van der Waals surface area contributed by atoms with Crippen molar-refractivity contribution in [3.63, 3.8) is 0 Å². The number of carbonyl (C=O) groups excluding carboxylic acids is 1. The van der Waals surface area contributed by atoms with E-state index in [0.29, 0.717) is 27.7 Å². The maximum absolute atomic E-state index is 13.5. The number of aromatic nitrogens is 2. The molecule has 0 spiro atoms. The van der Waals surface area contributed by atoms with Crippen LogP contribution in [-0.2, 0) is 21.4 Å². The van der Waals surface area contributed by atoms with Gasteiger partial charge in [-0.05, 0) is 42.8 Å². The van der Waals surface area contributed by atoms with Gasteiger partial charge in [0.1, 0.15) is 10.7 Å². The van der Waals surface area contributed by atoms with Gasteiger partial charge in [0.15, 0.2) is 5.16 Å². The fourth-order valence-electron chi connectivity index (χ4n) is 3.84. The number of nitrogens with zero attached hydrogens (tertiary/aromatic N) is 3. The molecule has 36 heavy (non-hydrogen) atoms. The fraction of sp³-hybridized carbons (Fsp3) is 0.115. The van der Waals surface area contributed by atoms with Crippen LogP contribution in [0.2, 0.25) is 0 Å². The first-order chi connectivity index (χ1) is 17.3. The molecule has 10 heteroatoms. The monoisotopic (exact) mass is 520 g/mol. The van der Waals surface area contributed by atoms with Crippen molar-refractivity contribution in [1.29, 1.82) is 0 Å². The van der Waals surface area contributed by atoms with Gasteiger partial charge in [-0.25, -0.2) is 22.8 Å². The quantitative estimate of drug-likeness (QED) is 0.283. The van der Waals surface area contributed by atoms with Crippen molar-refractivity contribution in [2.45, 2.75) is 23.5 Å². The van der Waals surface area contributed by atoms with Crippen molar-refractivity contribution in [2.24, 2.45) is 0 Å². The predicted octanol–water partition coefficient (Wildman–Crippen LogP) is 5.03. The van der Waals surface area contributed by atoms with Gasteiger partial charge in [0.05, 0.1) is 29.9 Å². The molecule has 0 saturated heterocycles. The Morgan fingerprint density at radius 3 is 2.50 bits per heavy atom. The van der Waals surface area contributed by atoms with Crippen molar-refractivity contribution in [3.05, 3.63) is 95.9 Å². The molecule has 1 aliphatic rings. The van der Waals surface area contributed by atoms with E-state index in [2.05, 4.69) is 15.3 Å². The Balaban J connectivity index is 1.40. The number of anilines is 2. The van der Waals surface area contributed by atoms with E-state index in [0.717, 1.165) is 17.3 Å². The van der Waals surface area contributed by atoms with Crippen LogP contribution in [0.25, 0.3) is 11.3 Å². The molecule has 0 aliphatic carbocycles. The van der Waals surface area contributed by atoms with Crippen LogP contribution in [-0.4, -0.2) is 30.0 Å². The summed E-state index contributed by atoms with van der Waals surface area (Å²) in [4.78, 5) is 21.1. The molecule has 0 bridgehead atoms. The summed E-state index contributed by atoms with van der Waals surface area (Å²) in [5, 5.41) is 3.12. The number of thioether (sulfide) groups is 1. The van der Waals surface area contributed by atoms with E-state index in [4.69, 9.17) is 0 Å². The highest BCUT2D eigenvalue weighted by Gasteiger charge is 2.36. The third kappa shape index (κ3) is 4.82. The average molecular weight is 521 g/mol. The lowest BCUT2D eigenvalue weighted by molar-refractivity contribution is -0.113. The van der Waals surface area contributed by atoms with Crippen LogP contribution in [0.4, 0.5) is 15.8 Å². The summed E-state index contributed by atoms with van der Waals surface area (Å²) in [6, 6.07) is 20.3. The van der Waals surface area contributed by atoms with Gasteiger partial charge in [-0.15, -0.1) is 0 Å². The van der Waals surface area contributed by atoms with Gasteiger partial charge < -0.3 is 5.32 Å². The summed E-state index contributed by atoms with van der Waals surface area (Å²) in [6.07, 6.45) is 1.28. The third-order valence-electron chi connectivity index (χ3n) is 5.64. The van der Waals surface area contributed by atoms with E-state index >= 15 is 0 Å². The topological polar surface area (TPSA) is 92.3 Å². The molecule has 0 radical (unpaired) electrons. The zero-order valence-electron chi connectivity index (χ0n) is 19.2. The number of halogens is 1. The second kappa shape index (κ2) is 9.71. The summed E-state index contributed by atoms with van der Waals surface area (Å²) in [6.45, 7) is 2.00. The smallest absolute Gasteiger partial charge is 0.268 e. The Hall–Kier alpha value is -3.76. The normalized spacial score (nSPS) is 13.6. The molecule has 5 rings (SSSR count). The zero-order chi connectivity index (χ0) is 25.3. The molecule has 7 nitrogen and oxygen atoms in total. The number of para-hydroxylation sites is 1. The van der Waals surface area contributed by atoms with E-state index in [-0.39, 0.29) is 28.8 Å². The number of fused-ring (bicyclic) bond motifs is 3. The highest BCUT2D eigenvalue weighted by molar-refractivity contribution is 7.99. The van der Waals surface area contributed by atoms with Crippen molar-refractivity contribution < 1.29 is 17.6 Å². The largest absolute Gasteiger partial charge is 0.325 e. The molecule has 1 N–H and O–H groups in total. The number of rotatable bonds is 6. The molecule has 1 aliphatic heterocycles. The number of aryl methyl sites for hydroxylation is 1. The minimum atomic E-state index is -3.97. The van der Waals surface area contributed by atoms with E-state index < -0.39 is 15.8 Å². The fourth-order valence-corrected chi connectivity index (χ4v) is 6.01. The van der Waals surface area contributed by atoms with E-state index in [1.54, 1.807) is 36.4 Å². The highest BCUT2D eigenvalue weighted by Crippen LogP contribution is 2.42. The van der Waals surface area contributed by atoms with Crippen LogP contribution in [0.1, 0.15) is 11.1 Å². The first-order valence-corrected chi connectivity index (χ1v) is 13.5. The van der Waals surface area contributed by atoms with Crippen LogP contribution in [0.15, 0.2) is 89.0 Å². The number of hydrogen-bond acceptors (Lipinski definition) is 6. The summed E-state index contributed by atoms with van der Waals surface area (Å²) < 4.78 is 41.7. The Kier molecular flexibility index (Phi) is 6.46. The first-order valence-electron chi connectivity index (χ1n) is 11.0. The Bertz CT molecular complexity index is 1540. The summed E-state index contributed by atoms with van der Waals surface area (Å²) in [5.74, 6) is -0.543. The van der Waals surface area contributed by atoms with Crippen molar-refractivity contribution in [1.82, 2.24) is 9.97 Å². The Morgan fingerprint density at radius 1 is 1.03 bits per heavy atom. The van der Waals surface area contributed by atoms with Crippen molar-refractivity contribution in [2.75, 3.05) is 15.4 Å². The lowest BCUT2D eigenvalue weighted by Crippen LogP contribution is -2.34. The summed E-state index contributed by atoms with van der Waals surface area (Å²) >= 11 is 1.13. The number of hydrogen-bond donors (Lipinski definition) is 1. The molecular formula is C26H21FN4O3S2. The molecule has 3 aromatic carbocycles. The van der Waals surface area contributed by atoms with Gasteiger partial charge in [0, 0.05) is 11.3 Å². The van der Waals surface area contributed by atoms with E-state index in [1.165, 1.54) is 22.6 Å². The maximum atomic E-state index is 13.5. The van der Waals surface area contributed by atoms with Crippen LogP contribution in [0.5, 0.6) is 0 Å². The maximum Gasteiger partial charge on any atom is 0.268 e. The molecule has 1 aromatic heterocycles. The third-order valence-corrected chi connectivity index (χ3v) is 8.26. The molecule has 182 valence electrons. The highest BCUT2D eigenvalue weighted by atomic mass is 32.2. The van der Waals surface area contributed by atoms with Crippen LogP contribution >= 0.6 is 11.8 Å². The zero-order valence-corrected chi connectivity index (χ0v) is 20.8. The van der Waals surface area contributed by atoms with Crippen molar-refractivity contribution >= 4 is 39.1 Å². The van der Waals surface area contributed by atoms with Crippen molar-refractivity contribution in [3.8, 4) is 11.3 Å². The van der Waals surface area contributed by atoms with Gasteiger partial charge in [-0.1, -0.05) is 59.8 Å². The van der Waals surface area contributed by atoms with E-state index in [9.17, 15) is 17.6 Å². The second-order valence-corrected chi connectivity index (χ2v) is 11.0. The van der Waals surface area contributed by atoms with Crippen LogP contribution < -0.4 is 9.62 Å². The minimum Gasteiger partial charge on any atom is -0.325 e. The standard InChI is InChI=1S/C26H21FN4O3S2/c1-17-6-12-20(13-7-17)29-24(32)16-35-26-28-14-23-25(30-26)21-4-2-3-5-22(21)31(36(23,33)34)15-18-8-10-19(27)11-9-18/h2-14H,15-16H2,1H3,(H,29,32). The first kappa shape index (κ1) is 24.0. The van der Waals surface area contributed by atoms with E-state index in [1.807, 2.05) is 31.2 Å². The number of nitrogens with one attached hydrogen (secondary N) is 1. The molecule has 1 amide bonds. The molecule has 4 aromatic rings. The average Bonchev–Trinajstić information content (AvgIpc) is 2.88. The van der Waals surface area contributed by atoms with Gasteiger partial charge >= 0.3 is 0 Å². The minimum absolute atomic E-state index is 0.0169. The molecule has 0 unspecified atom stereocenters. The Morgan fingerprint density at radius 2 is 1.75 bits per heavy atom. The number of benzene rings is 3. The van der Waals surface area contributed by atoms with Crippen LogP contribution in [0.3, 0.4) is 0 Å². The number of carbonyl (C=O) groups is 1. The molecule has 0 saturated carbocycles. The molecular weight excluding hydrogens is 499 g/mol. The summed E-state index contributed by atoms with van der Waals surface area (Å²) in [5.41, 5.74) is 3.83. The SMILES string of the molecule is Cc1ccc(NC(=O)CSc2ncc3c(n2)-c2ccccc2N(Cc2ccc(F)cc2)S3(=O)=O)cc1. The van der Waals surface area contributed by atoms with Gasteiger partial charge in [-0.2, -0.15) is 0 Å². The van der Waals surface area contributed by atoms with Crippen LogP contribution in [0, 0.1) is 12.7 Å². The number of sulfonamides is 1. The van der Waals surface area contributed by atoms with Gasteiger partial charge in [0.25, 0.3) is 10.0 Å². The summed E-state index contributed by atoms with van der Waals surface area (Å²) in [7, 11) is -3.97. The molecule has 2 heterocycles.